The van der Waals surface area contributed by atoms with Gasteiger partial charge in [0, 0.05) is 60.5 Å². The molecule has 52 heavy (non-hydrogen) atoms. The van der Waals surface area contributed by atoms with Crippen molar-refractivity contribution < 1.29 is 28.7 Å². The lowest BCUT2D eigenvalue weighted by Crippen LogP contribution is -2.55. The van der Waals surface area contributed by atoms with Crippen LogP contribution in [0.3, 0.4) is 0 Å². The van der Waals surface area contributed by atoms with Crippen LogP contribution < -0.4 is 31.5 Å². The topological polar surface area (TPSA) is 187 Å². The first-order valence-corrected chi connectivity index (χ1v) is 17.7. The molecule has 0 bridgehead atoms. The summed E-state index contributed by atoms with van der Waals surface area (Å²) < 4.78 is 5.46. The Morgan fingerprint density at radius 3 is 2.23 bits per heavy atom. The van der Waals surface area contributed by atoms with E-state index in [0.717, 1.165) is 5.56 Å². The number of aromatic amines is 1. The number of rotatable bonds is 16. The number of hydrogen-bond acceptors (Lipinski definition) is 8. The van der Waals surface area contributed by atoms with Gasteiger partial charge in [-0.2, -0.15) is 0 Å². The Kier molecular flexibility index (Phi) is 13.5. The van der Waals surface area contributed by atoms with Crippen molar-refractivity contribution in [3.8, 4) is 0 Å². The molecule has 2 aromatic carbocycles. The average Bonchev–Trinajstić information content (AvgIpc) is 3.63. The Morgan fingerprint density at radius 1 is 0.942 bits per heavy atom. The molecular weight excluding hydrogens is 664 g/mol. The molecule has 6 N–H and O–H groups in total. The Balaban J connectivity index is 1.57. The first-order valence-electron chi connectivity index (χ1n) is 17.7. The Hall–Kier alpha value is -5.24. The molecule has 4 atom stereocenters. The van der Waals surface area contributed by atoms with E-state index in [0.29, 0.717) is 30.9 Å². The van der Waals surface area contributed by atoms with E-state index < -0.39 is 36.0 Å². The van der Waals surface area contributed by atoms with E-state index in [-0.39, 0.29) is 53.5 Å². The third-order valence-electron chi connectivity index (χ3n) is 8.80. The van der Waals surface area contributed by atoms with Crippen LogP contribution in [0.1, 0.15) is 86.5 Å². The third kappa shape index (κ3) is 10.9. The molecule has 0 aliphatic carbocycles. The zero-order chi connectivity index (χ0) is 38.0. The number of imidazole rings is 1. The number of hydrogen-bond donors (Lipinski definition) is 6. The van der Waals surface area contributed by atoms with Gasteiger partial charge in [-0.1, -0.05) is 58.0 Å². The maximum absolute atomic E-state index is 14.0. The number of H-pyrrole nitrogens is 1. The largest absolute Gasteiger partial charge is 0.449 e. The quantitative estimate of drug-likeness (QED) is 0.130. The van der Waals surface area contributed by atoms with Gasteiger partial charge < -0.3 is 36.3 Å². The molecule has 1 aromatic heterocycles. The highest BCUT2D eigenvalue weighted by Gasteiger charge is 2.35. The van der Waals surface area contributed by atoms with E-state index in [4.69, 9.17) is 4.74 Å². The van der Waals surface area contributed by atoms with Crippen LogP contribution in [-0.2, 0) is 20.7 Å². The summed E-state index contributed by atoms with van der Waals surface area (Å²) in [6.45, 7) is 14.2. The summed E-state index contributed by atoms with van der Waals surface area (Å²) in [5.74, 6) is -1.66. The van der Waals surface area contributed by atoms with Crippen molar-refractivity contribution in [2.75, 3.05) is 31.1 Å². The Bertz CT molecular complexity index is 1690. The summed E-state index contributed by atoms with van der Waals surface area (Å²) in [6.07, 6.45) is 3.00. The highest BCUT2D eigenvalue weighted by molar-refractivity contribution is 6.03. The van der Waals surface area contributed by atoms with Crippen molar-refractivity contribution in [2.45, 2.75) is 79.1 Å². The number of benzene rings is 2. The molecule has 14 heteroatoms. The fourth-order valence-electron chi connectivity index (χ4n) is 5.81. The molecule has 0 spiro atoms. The van der Waals surface area contributed by atoms with Crippen LogP contribution in [0, 0.1) is 11.3 Å². The molecule has 1 fully saturated rings. The molecule has 5 amide bonds. The van der Waals surface area contributed by atoms with Gasteiger partial charge in [0.15, 0.2) is 0 Å². The van der Waals surface area contributed by atoms with Gasteiger partial charge >= 0.3 is 6.09 Å². The summed E-state index contributed by atoms with van der Waals surface area (Å²) in [5.41, 5.74) is 1.93. The van der Waals surface area contributed by atoms with Gasteiger partial charge in [-0.05, 0) is 50.5 Å². The zero-order valence-electron chi connectivity index (χ0n) is 31.0. The molecule has 3 aromatic rings. The summed E-state index contributed by atoms with van der Waals surface area (Å²) in [6, 6.07) is 11.9. The van der Waals surface area contributed by atoms with Crippen molar-refractivity contribution in [3.05, 3.63) is 83.4 Å². The molecule has 1 aliphatic rings. The van der Waals surface area contributed by atoms with E-state index >= 15 is 0 Å². The molecule has 4 rings (SSSR count). The number of nitrogens with zero attached hydrogens (tertiary/aromatic N) is 2. The van der Waals surface area contributed by atoms with Gasteiger partial charge in [0.2, 0.25) is 11.8 Å². The number of carbonyl (C=O) groups is 5. The second kappa shape index (κ2) is 17.8. The molecule has 0 unspecified atom stereocenters. The van der Waals surface area contributed by atoms with E-state index in [9.17, 15) is 24.0 Å². The minimum Gasteiger partial charge on any atom is -0.449 e. The smallest absolute Gasteiger partial charge is 0.414 e. The second-order valence-corrected chi connectivity index (χ2v) is 14.4. The summed E-state index contributed by atoms with van der Waals surface area (Å²) >= 11 is 0. The van der Waals surface area contributed by atoms with E-state index in [2.05, 4.69) is 36.6 Å². The first kappa shape index (κ1) is 39.5. The Morgan fingerprint density at radius 2 is 1.62 bits per heavy atom. The van der Waals surface area contributed by atoms with Crippen molar-refractivity contribution in [3.63, 3.8) is 0 Å². The minimum atomic E-state index is -0.701. The van der Waals surface area contributed by atoms with Crippen LogP contribution in [-0.4, -0.2) is 84.1 Å². The number of amides is 5. The SMILES string of the molecule is CCNC(=O)[C@@H](NC(=O)[C@H](C)NC[C@H](Cc1c[nH]cn1)NC(=O)c1cc(C(=O)N[C@H](C)c2ccccc2)cc(N2CC(C)(C)COC2=O)c1)C(C)C. The average molecular weight is 717 g/mol. The number of cyclic esters (lactones) is 1. The van der Waals surface area contributed by atoms with Crippen LogP contribution in [0.5, 0.6) is 0 Å². The van der Waals surface area contributed by atoms with Crippen molar-refractivity contribution in [2.24, 2.45) is 11.3 Å². The van der Waals surface area contributed by atoms with Crippen LogP contribution in [0.15, 0.2) is 61.1 Å². The van der Waals surface area contributed by atoms with Gasteiger partial charge in [-0.15, -0.1) is 0 Å². The lowest BCUT2D eigenvalue weighted by atomic mass is 9.92. The molecule has 0 radical (unpaired) electrons. The zero-order valence-corrected chi connectivity index (χ0v) is 31.0. The van der Waals surface area contributed by atoms with Gasteiger partial charge in [-0.3, -0.25) is 24.1 Å². The number of carbonyl (C=O) groups excluding carboxylic acids is 5. The number of likely N-dealkylation sites (N-methyl/N-ethyl adjacent to an activating group) is 1. The number of anilines is 1. The molecule has 1 aliphatic heterocycles. The van der Waals surface area contributed by atoms with Crippen LogP contribution in [0.4, 0.5) is 10.5 Å². The van der Waals surface area contributed by atoms with E-state index in [1.807, 2.05) is 71.9 Å². The van der Waals surface area contributed by atoms with Crippen LogP contribution >= 0.6 is 0 Å². The summed E-state index contributed by atoms with van der Waals surface area (Å²) in [7, 11) is 0. The molecule has 1 saturated heterocycles. The summed E-state index contributed by atoms with van der Waals surface area (Å²) in [4.78, 5) is 75.0. The highest BCUT2D eigenvalue weighted by atomic mass is 16.6. The van der Waals surface area contributed by atoms with Crippen molar-refractivity contribution in [1.29, 1.82) is 0 Å². The van der Waals surface area contributed by atoms with Gasteiger partial charge in [0.05, 0.1) is 30.7 Å². The molecule has 280 valence electrons. The predicted molar refractivity (Wildman–Crippen MR) is 198 cm³/mol. The standard InChI is InChI=1S/C38H52N8O6/c1-8-40-36(50)32(23(2)3)45-33(47)25(5)41-19-30(17-29-18-39-22-42-29)44-35(49)28-14-27(34(48)43-24(4)26-12-10-9-11-13-26)15-31(16-28)46-20-38(6,7)21-52-37(46)51/h9-16,18,22-25,30,32,41H,8,17,19-21H2,1-7H3,(H,39,42)(H,40,50)(H,43,48)(H,44,49)(H,45,47)/t24-,25+,30+,32+/m1/s1. The Labute approximate surface area is 305 Å². The third-order valence-corrected chi connectivity index (χ3v) is 8.80. The molecular formula is C38H52N8O6. The van der Waals surface area contributed by atoms with Gasteiger partial charge in [-0.25, -0.2) is 9.78 Å². The van der Waals surface area contributed by atoms with Crippen LogP contribution in [0.2, 0.25) is 0 Å². The van der Waals surface area contributed by atoms with Gasteiger partial charge in [0.25, 0.3) is 11.8 Å². The molecule has 2 heterocycles. The van der Waals surface area contributed by atoms with Crippen molar-refractivity contribution in [1.82, 2.24) is 36.6 Å². The molecule has 0 saturated carbocycles. The fraction of sp³-hybridized carbons (Fsp3) is 0.474. The fourth-order valence-corrected chi connectivity index (χ4v) is 5.81. The monoisotopic (exact) mass is 716 g/mol. The lowest BCUT2D eigenvalue weighted by Gasteiger charge is -2.37. The molecule has 14 nitrogen and oxygen atoms in total. The number of nitrogens with one attached hydrogen (secondary N) is 6. The number of aromatic nitrogens is 2. The summed E-state index contributed by atoms with van der Waals surface area (Å²) in [5, 5.41) is 14.8. The number of ether oxygens (including phenoxy) is 1. The predicted octanol–water partition coefficient (Wildman–Crippen LogP) is 3.48. The minimum absolute atomic E-state index is 0.128. The van der Waals surface area contributed by atoms with Gasteiger partial charge in [0.1, 0.15) is 6.04 Å². The highest BCUT2D eigenvalue weighted by Crippen LogP contribution is 2.30. The first-order chi connectivity index (χ1) is 24.7. The second-order valence-electron chi connectivity index (χ2n) is 14.4. The maximum Gasteiger partial charge on any atom is 0.414 e. The van der Waals surface area contributed by atoms with E-state index in [1.165, 1.54) is 17.3 Å². The van der Waals surface area contributed by atoms with Crippen LogP contribution in [0.25, 0.3) is 0 Å². The van der Waals surface area contributed by atoms with Crippen molar-refractivity contribution >= 4 is 35.4 Å². The van der Waals surface area contributed by atoms with E-state index in [1.54, 1.807) is 25.3 Å². The lowest BCUT2D eigenvalue weighted by molar-refractivity contribution is -0.130. The maximum atomic E-state index is 14.0. The normalized spacial score (nSPS) is 16.2.